The molecule has 1 atom stereocenters. The Bertz CT molecular complexity index is 451. The zero-order valence-corrected chi connectivity index (χ0v) is 12.4. The highest BCUT2D eigenvalue weighted by Crippen LogP contribution is 2.23. The normalized spacial score (nSPS) is 18.7. The lowest BCUT2D eigenvalue weighted by atomic mass is 10.3. The molecule has 0 aromatic carbocycles. The van der Waals surface area contributed by atoms with Gasteiger partial charge < -0.3 is 9.64 Å². The average molecular weight is 283 g/mol. The van der Waals surface area contributed by atoms with Gasteiger partial charge in [-0.05, 0) is 18.9 Å². The van der Waals surface area contributed by atoms with Gasteiger partial charge in [0.2, 0.25) is 0 Å². The molecule has 19 heavy (non-hydrogen) atoms. The van der Waals surface area contributed by atoms with Crippen LogP contribution in [0.4, 0.5) is 5.82 Å². The minimum absolute atomic E-state index is 0.162. The minimum Gasteiger partial charge on any atom is -0.356 e. The minimum atomic E-state index is -0.220. The Labute approximate surface area is 118 Å². The fourth-order valence-corrected chi connectivity index (χ4v) is 2.97. The molecule has 0 radical (unpaired) electrons. The number of rotatable bonds is 6. The van der Waals surface area contributed by atoms with E-state index in [4.69, 9.17) is 4.74 Å². The summed E-state index contributed by atoms with van der Waals surface area (Å²) >= 11 is 1.69. The zero-order valence-electron chi connectivity index (χ0n) is 11.5. The number of ether oxygens (including phenoxy) is 1. The first-order valence-electron chi connectivity index (χ1n) is 6.79. The third-order valence-electron chi connectivity index (χ3n) is 3.04. The van der Waals surface area contributed by atoms with Gasteiger partial charge in [0.25, 0.3) is 0 Å². The van der Waals surface area contributed by atoms with Crippen LogP contribution in [0.1, 0.15) is 32.9 Å². The largest absolute Gasteiger partial charge is 0.356 e. The first kappa shape index (κ1) is 14.4. The second-order valence-electron chi connectivity index (χ2n) is 4.57. The number of aromatic nitrogens is 2. The van der Waals surface area contributed by atoms with Crippen molar-refractivity contribution in [3.63, 3.8) is 0 Å². The van der Waals surface area contributed by atoms with E-state index in [0.717, 1.165) is 37.5 Å². The summed E-state index contributed by atoms with van der Waals surface area (Å²) in [6.45, 7) is 6.13. The second-order valence-corrected chi connectivity index (χ2v) is 5.55. The molecule has 1 saturated heterocycles. The molecular weight excluding hydrogens is 262 g/mol. The smallest absolute Gasteiger partial charge is 0.351 e. The Balaban J connectivity index is 2.19. The number of nitrogens with zero attached hydrogens (tertiary/aromatic N) is 3. The monoisotopic (exact) mass is 283 g/mol. The van der Waals surface area contributed by atoms with Crippen molar-refractivity contribution in [1.29, 1.82) is 0 Å². The van der Waals surface area contributed by atoms with Crippen LogP contribution in [0, 0.1) is 0 Å². The van der Waals surface area contributed by atoms with Gasteiger partial charge in [0, 0.05) is 25.0 Å². The summed E-state index contributed by atoms with van der Waals surface area (Å²) < 4.78 is 7.07. The van der Waals surface area contributed by atoms with Crippen LogP contribution >= 0.6 is 11.8 Å². The van der Waals surface area contributed by atoms with E-state index in [2.05, 4.69) is 23.7 Å². The molecule has 5 nitrogen and oxygen atoms in total. The summed E-state index contributed by atoms with van der Waals surface area (Å²) in [5.74, 6) is 2.24. The molecule has 6 heteroatoms. The molecule has 2 rings (SSSR count). The molecule has 1 aromatic rings. The average Bonchev–Trinajstić information content (AvgIpc) is 2.92. The van der Waals surface area contributed by atoms with Crippen molar-refractivity contribution in [2.24, 2.45) is 0 Å². The van der Waals surface area contributed by atoms with Crippen molar-refractivity contribution >= 4 is 17.6 Å². The van der Waals surface area contributed by atoms with E-state index in [-0.39, 0.29) is 11.9 Å². The van der Waals surface area contributed by atoms with Crippen molar-refractivity contribution in [2.45, 2.75) is 32.9 Å². The Morgan fingerprint density at radius 2 is 2.21 bits per heavy atom. The molecule has 0 amide bonds. The lowest BCUT2D eigenvalue weighted by Crippen LogP contribution is -2.32. The molecular formula is C13H21N3O2S. The van der Waals surface area contributed by atoms with E-state index in [1.165, 1.54) is 0 Å². The quantitative estimate of drug-likeness (QED) is 0.800. The van der Waals surface area contributed by atoms with Gasteiger partial charge in [0.05, 0.1) is 5.94 Å². The van der Waals surface area contributed by atoms with E-state index >= 15 is 0 Å². The third kappa shape index (κ3) is 3.51. The van der Waals surface area contributed by atoms with E-state index < -0.39 is 0 Å². The maximum atomic E-state index is 12.1. The van der Waals surface area contributed by atoms with Gasteiger partial charge >= 0.3 is 5.69 Å². The molecule has 1 fully saturated rings. The van der Waals surface area contributed by atoms with E-state index in [1.54, 1.807) is 22.5 Å². The first-order chi connectivity index (χ1) is 9.26. The van der Waals surface area contributed by atoms with Gasteiger partial charge in [0.1, 0.15) is 12.0 Å². The molecule has 106 valence electrons. The van der Waals surface area contributed by atoms with Crippen molar-refractivity contribution in [1.82, 2.24) is 9.55 Å². The summed E-state index contributed by atoms with van der Waals surface area (Å²) in [5, 5.41) is 0. The maximum Gasteiger partial charge on any atom is 0.351 e. The number of hydrogen-bond donors (Lipinski definition) is 0. The first-order valence-corrected chi connectivity index (χ1v) is 7.95. The summed E-state index contributed by atoms with van der Waals surface area (Å²) in [6.07, 6.45) is 3.74. The topological polar surface area (TPSA) is 47.4 Å². The Kier molecular flexibility index (Phi) is 5.27. The van der Waals surface area contributed by atoms with Crippen LogP contribution in [0.2, 0.25) is 0 Å². The second kappa shape index (κ2) is 6.96. The van der Waals surface area contributed by atoms with Crippen molar-refractivity contribution in [3.05, 3.63) is 22.7 Å². The van der Waals surface area contributed by atoms with Gasteiger partial charge in [-0.1, -0.05) is 13.8 Å². The maximum absolute atomic E-state index is 12.1. The molecule has 0 unspecified atom stereocenters. The van der Waals surface area contributed by atoms with Crippen LogP contribution in [0.3, 0.4) is 0 Å². The molecule has 0 N–H and O–H groups in total. The molecule has 0 saturated carbocycles. The molecule has 1 aromatic heterocycles. The van der Waals surface area contributed by atoms with Crippen molar-refractivity contribution in [3.8, 4) is 0 Å². The summed E-state index contributed by atoms with van der Waals surface area (Å²) in [6, 6.07) is 1.92. The fourth-order valence-electron chi connectivity index (χ4n) is 2.16. The Hall–Kier alpha value is -1.01. The molecule has 0 bridgehead atoms. The predicted molar refractivity (Wildman–Crippen MR) is 78.7 cm³/mol. The Morgan fingerprint density at radius 1 is 1.47 bits per heavy atom. The van der Waals surface area contributed by atoms with E-state index in [0.29, 0.717) is 5.94 Å². The lowest BCUT2D eigenvalue weighted by molar-refractivity contribution is 0.0639. The van der Waals surface area contributed by atoms with E-state index in [1.807, 2.05) is 6.07 Å². The summed E-state index contributed by atoms with van der Waals surface area (Å²) in [4.78, 5) is 18.4. The van der Waals surface area contributed by atoms with Crippen LogP contribution in [-0.4, -0.2) is 34.3 Å². The molecule has 0 spiro atoms. The van der Waals surface area contributed by atoms with Gasteiger partial charge in [0.15, 0.2) is 0 Å². The molecule has 1 aliphatic heterocycles. The Morgan fingerprint density at radius 3 is 2.74 bits per heavy atom. The highest BCUT2D eigenvalue weighted by atomic mass is 32.2. The number of hydrogen-bond acceptors (Lipinski definition) is 5. The summed E-state index contributed by atoms with van der Waals surface area (Å²) in [7, 11) is 0. The van der Waals surface area contributed by atoms with Gasteiger partial charge in [-0.2, -0.15) is 4.98 Å². The number of anilines is 1. The number of thioether (sulfide) groups is 1. The van der Waals surface area contributed by atoms with Crippen LogP contribution < -0.4 is 10.6 Å². The standard InChI is InChI=1S/C13H21N3O2S/c1-3-6-15(7-4-2)11-5-8-16(13(17)14-11)12-9-19-10-18-12/h5,8,12H,3-4,6-7,9-10H2,1-2H3/t12-/m0/s1. The van der Waals surface area contributed by atoms with Crippen molar-refractivity contribution < 1.29 is 4.74 Å². The fraction of sp³-hybridized carbons (Fsp3) is 0.692. The molecule has 2 heterocycles. The van der Waals surface area contributed by atoms with Crippen LogP contribution in [0.25, 0.3) is 0 Å². The van der Waals surface area contributed by atoms with Gasteiger partial charge in [-0.25, -0.2) is 4.79 Å². The van der Waals surface area contributed by atoms with Crippen LogP contribution in [0.5, 0.6) is 0 Å². The van der Waals surface area contributed by atoms with Gasteiger partial charge in [-0.15, -0.1) is 11.8 Å². The third-order valence-corrected chi connectivity index (χ3v) is 3.86. The lowest BCUT2D eigenvalue weighted by Gasteiger charge is -2.23. The highest BCUT2D eigenvalue weighted by Gasteiger charge is 2.19. The SMILES string of the molecule is CCCN(CCC)c1ccn([C@@H]2CSCO2)c(=O)n1. The molecule has 1 aliphatic rings. The predicted octanol–water partition coefficient (Wildman–Crippen LogP) is 2.09. The van der Waals surface area contributed by atoms with Gasteiger partial charge in [-0.3, -0.25) is 4.57 Å². The van der Waals surface area contributed by atoms with Crippen LogP contribution in [0.15, 0.2) is 17.1 Å². The highest BCUT2D eigenvalue weighted by molar-refractivity contribution is 7.99. The van der Waals surface area contributed by atoms with Crippen molar-refractivity contribution in [2.75, 3.05) is 29.7 Å². The van der Waals surface area contributed by atoms with E-state index in [9.17, 15) is 4.79 Å². The van der Waals surface area contributed by atoms with Crippen LogP contribution in [-0.2, 0) is 4.74 Å². The summed E-state index contributed by atoms with van der Waals surface area (Å²) in [5.41, 5.74) is -0.220. The molecule has 0 aliphatic carbocycles. The zero-order chi connectivity index (χ0) is 13.7.